The van der Waals surface area contributed by atoms with Crippen molar-refractivity contribution in [3.05, 3.63) is 40.2 Å². The minimum atomic E-state index is -2.63. The zero-order chi connectivity index (χ0) is 24.6. The van der Waals surface area contributed by atoms with Gasteiger partial charge in [-0.15, -0.1) is 0 Å². The zero-order valence-corrected chi connectivity index (χ0v) is 18.8. The molecule has 10 heteroatoms. The van der Waals surface area contributed by atoms with Crippen LogP contribution in [0.3, 0.4) is 0 Å². The molecule has 0 saturated heterocycles. The van der Waals surface area contributed by atoms with Crippen LogP contribution >= 0.6 is 0 Å². The van der Waals surface area contributed by atoms with E-state index in [-0.39, 0.29) is 29.7 Å². The summed E-state index contributed by atoms with van der Waals surface area (Å²) < 4.78 is 0. The topological polar surface area (TPSA) is 165 Å². The number of rotatable bonds is 3. The number of nitrogens with zero attached hydrogens (tertiary/aromatic N) is 2. The van der Waals surface area contributed by atoms with Gasteiger partial charge in [0.05, 0.1) is 17.3 Å². The second-order valence-corrected chi connectivity index (χ2v) is 9.32. The highest BCUT2D eigenvalue weighted by Gasteiger charge is 2.64. The summed E-state index contributed by atoms with van der Waals surface area (Å²) in [6, 6.07) is 2.36. The number of phenols is 1. The second kappa shape index (κ2) is 7.32. The van der Waals surface area contributed by atoms with Gasteiger partial charge in [0.15, 0.2) is 11.4 Å². The fraction of sp³-hybridized carbons (Fsp3) is 0.435. The largest absolute Gasteiger partial charge is 0.508 e. The van der Waals surface area contributed by atoms with E-state index in [2.05, 4.69) is 0 Å². The number of aliphatic hydroxyl groups is 3. The van der Waals surface area contributed by atoms with Crippen LogP contribution in [-0.2, 0) is 20.8 Å². The van der Waals surface area contributed by atoms with Crippen LogP contribution in [0.1, 0.15) is 17.5 Å². The predicted octanol–water partition coefficient (Wildman–Crippen LogP) is 0.0300. The van der Waals surface area contributed by atoms with E-state index in [1.165, 1.54) is 4.90 Å². The Hall–Kier alpha value is -3.37. The van der Waals surface area contributed by atoms with Crippen molar-refractivity contribution in [2.24, 2.45) is 17.6 Å². The highest BCUT2D eigenvalue weighted by molar-refractivity contribution is 6.24. The Labute approximate surface area is 190 Å². The molecule has 1 saturated carbocycles. The Balaban J connectivity index is 1.97. The Bertz CT molecular complexity index is 1170. The van der Waals surface area contributed by atoms with Crippen molar-refractivity contribution < 1.29 is 34.8 Å². The molecular formula is C23H27N3O7. The molecule has 0 heterocycles. The number of primary amides is 1. The number of aliphatic hydroxyl groups excluding tert-OH is 2. The number of hydrogen-bond donors (Lipinski definition) is 5. The average Bonchev–Trinajstić information content (AvgIpc) is 2.70. The summed E-state index contributed by atoms with van der Waals surface area (Å²) in [6.07, 6.45) is 0.345. The molecule has 1 amide bonds. The van der Waals surface area contributed by atoms with Gasteiger partial charge in [-0.1, -0.05) is 6.07 Å². The van der Waals surface area contributed by atoms with Gasteiger partial charge in [-0.3, -0.25) is 19.3 Å². The van der Waals surface area contributed by atoms with Gasteiger partial charge in [0.1, 0.15) is 22.8 Å². The zero-order valence-electron chi connectivity index (χ0n) is 18.8. The first-order valence-electron chi connectivity index (χ1n) is 10.5. The Morgan fingerprint density at radius 3 is 2.30 bits per heavy atom. The summed E-state index contributed by atoms with van der Waals surface area (Å²) in [5, 5.41) is 44.2. The predicted molar refractivity (Wildman–Crippen MR) is 119 cm³/mol. The lowest BCUT2D eigenvalue weighted by atomic mass is 9.57. The SMILES string of the molecule is CN(C)c1ccc2c(c1O)C(O)=C1C(=O)[C@@]3(O)C(O)=C(C(N)=O)C(=O)[C@H](N(C)C)[C@H]3C[C@H]1C2. The number of benzene rings is 1. The maximum atomic E-state index is 13.7. The van der Waals surface area contributed by atoms with Crippen molar-refractivity contribution in [1.29, 1.82) is 0 Å². The van der Waals surface area contributed by atoms with Crippen LogP contribution in [0.4, 0.5) is 5.69 Å². The number of phenolic OH excluding ortho intramolecular Hbond substituents is 1. The van der Waals surface area contributed by atoms with Gasteiger partial charge in [0.2, 0.25) is 5.78 Å². The standard InChI is InChI=1S/C23H27N3O7/c1-25(2)12-6-5-9-7-10-8-11-16(26(3)4)19(29)15(22(24)32)21(31)23(11,33)20(30)14(10)18(28)13(9)17(12)27/h5-6,10-11,16,27-28,31,33H,7-8H2,1-4H3,(H2,24,32)/t10-,11-,16-,23-/m1/s1. The molecule has 33 heavy (non-hydrogen) atoms. The Kier molecular flexibility index (Phi) is 5.06. The number of carbonyl (C=O) groups excluding carboxylic acids is 3. The summed E-state index contributed by atoms with van der Waals surface area (Å²) in [5.74, 6) is -6.50. The summed E-state index contributed by atoms with van der Waals surface area (Å²) in [6.45, 7) is 0. The number of hydrogen-bond acceptors (Lipinski definition) is 9. The molecule has 0 aromatic heterocycles. The number of likely N-dealkylation sites (N-methyl/N-ethyl adjacent to an activating group) is 1. The molecule has 4 rings (SSSR count). The van der Waals surface area contributed by atoms with Gasteiger partial charge in [-0.05, 0) is 44.5 Å². The molecule has 3 aliphatic carbocycles. The van der Waals surface area contributed by atoms with Gasteiger partial charge < -0.3 is 31.1 Å². The first kappa shape index (κ1) is 22.8. The van der Waals surface area contributed by atoms with Gasteiger partial charge in [0, 0.05) is 25.6 Å². The van der Waals surface area contributed by atoms with Crippen molar-refractivity contribution in [2.75, 3.05) is 33.1 Å². The Morgan fingerprint density at radius 2 is 1.76 bits per heavy atom. The van der Waals surface area contributed by atoms with E-state index >= 15 is 0 Å². The fourth-order valence-corrected chi connectivity index (χ4v) is 5.57. The third-order valence-electron chi connectivity index (χ3n) is 7.05. The molecule has 176 valence electrons. The van der Waals surface area contributed by atoms with E-state index in [4.69, 9.17) is 5.73 Å². The average molecular weight is 457 g/mol. The number of fused-ring (bicyclic) bond motifs is 3. The molecule has 0 spiro atoms. The maximum Gasteiger partial charge on any atom is 0.255 e. The minimum absolute atomic E-state index is 0.0714. The van der Waals surface area contributed by atoms with Gasteiger partial charge in [-0.2, -0.15) is 0 Å². The second-order valence-electron chi connectivity index (χ2n) is 9.32. The van der Waals surface area contributed by atoms with Crippen LogP contribution in [0.25, 0.3) is 5.76 Å². The molecular weight excluding hydrogens is 430 g/mol. The summed E-state index contributed by atoms with van der Waals surface area (Å²) in [4.78, 5) is 41.8. The fourth-order valence-electron chi connectivity index (χ4n) is 5.57. The van der Waals surface area contributed by atoms with Gasteiger partial charge in [0.25, 0.3) is 5.91 Å². The van der Waals surface area contributed by atoms with Crippen LogP contribution in [0.2, 0.25) is 0 Å². The lowest BCUT2D eigenvalue weighted by Gasteiger charge is -2.50. The highest BCUT2D eigenvalue weighted by atomic mass is 16.3. The van der Waals surface area contributed by atoms with E-state index in [1.54, 1.807) is 45.2 Å². The molecule has 6 N–H and O–H groups in total. The van der Waals surface area contributed by atoms with Crippen molar-refractivity contribution in [3.8, 4) is 5.75 Å². The highest BCUT2D eigenvalue weighted by Crippen LogP contribution is 2.53. The molecule has 1 aromatic carbocycles. The van der Waals surface area contributed by atoms with Gasteiger partial charge >= 0.3 is 0 Å². The summed E-state index contributed by atoms with van der Waals surface area (Å²) in [7, 11) is 6.55. The van der Waals surface area contributed by atoms with Crippen molar-refractivity contribution >= 4 is 28.9 Å². The molecule has 4 atom stereocenters. The summed E-state index contributed by atoms with van der Waals surface area (Å²) >= 11 is 0. The normalized spacial score (nSPS) is 29.1. The number of ketones is 2. The molecule has 1 aromatic rings. The first-order chi connectivity index (χ1) is 15.3. The van der Waals surface area contributed by atoms with Crippen LogP contribution in [-0.4, -0.2) is 82.6 Å². The molecule has 0 bridgehead atoms. The first-order valence-corrected chi connectivity index (χ1v) is 10.5. The van der Waals surface area contributed by atoms with Gasteiger partial charge in [-0.25, -0.2) is 0 Å². The van der Waals surface area contributed by atoms with Crippen molar-refractivity contribution in [2.45, 2.75) is 24.5 Å². The smallest absolute Gasteiger partial charge is 0.255 e. The van der Waals surface area contributed by atoms with E-state index < -0.39 is 58.0 Å². The van der Waals surface area contributed by atoms with Crippen LogP contribution in [0.15, 0.2) is 29.0 Å². The van der Waals surface area contributed by atoms with E-state index in [1.807, 2.05) is 0 Å². The molecule has 0 radical (unpaired) electrons. The molecule has 10 nitrogen and oxygen atoms in total. The van der Waals surface area contributed by atoms with E-state index in [0.29, 0.717) is 11.3 Å². The van der Waals surface area contributed by atoms with E-state index in [0.717, 1.165) is 0 Å². The molecule has 0 aliphatic heterocycles. The number of aromatic hydroxyl groups is 1. The Morgan fingerprint density at radius 1 is 1.12 bits per heavy atom. The number of Topliss-reactive ketones (excluding diaryl/α,β-unsaturated/α-hetero) is 2. The van der Waals surface area contributed by atoms with Crippen LogP contribution < -0.4 is 10.6 Å². The van der Waals surface area contributed by atoms with Crippen LogP contribution in [0, 0.1) is 11.8 Å². The monoisotopic (exact) mass is 457 g/mol. The van der Waals surface area contributed by atoms with Crippen molar-refractivity contribution in [1.82, 2.24) is 4.90 Å². The molecule has 0 unspecified atom stereocenters. The van der Waals surface area contributed by atoms with Crippen molar-refractivity contribution in [3.63, 3.8) is 0 Å². The maximum absolute atomic E-state index is 13.7. The third-order valence-corrected chi connectivity index (χ3v) is 7.05. The number of carbonyl (C=O) groups is 3. The molecule has 1 fully saturated rings. The lowest BCUT2D eigenvalue weighted by Crippen LogP contribution is -2.65. The quantitative estimate of drug-likeness (QED) is 0.394. The molecule has 3 aliphatic rings. The van der Waals surface area contributed by atoms with Crippen LogP contribution in [0.5, 0.6) is 5.75 Å². The number of nitrogens with two attached hydrogens (primary N) is 1. The third kappa shape index (κ3) is 2.90. The lowest BCUT2D eigenvalue weighted by molar-refractivity contribution is -0.153. The minimum Gasteiger partial charge on any atom is -0.508 e. The number of amides is 1. The number of anilines is 1. The summed E-state index contributed by atoms with van der Waals surface area (Å²) in [5.41, 5.74) is 2.82. The van der Waals surface area contributed by atoms with E-state index in [9.17, 15) is 34.8 Å².